The molecule has 0 atom stereocenters. The molecule has 0 aliphatic rings. The molecule has 4 nitrogen and oxygen atoms in total. The predicted molar refractivity (Wildman–Crippen MR) is 83.3 cm³/mol. The summed E-state index contributed by atoms with van der Waals surface area (Å²) in [7, 11) is 1.54. The van der Waals surface area contributed by atoms with Crippen LogP contribution in [0.5, 0.6) is 11.5 Å². The molecule has 0 aliphatic carbocycles. The molecule has 1 amide bonds. The summed E-state index contributed by atoms with van der Waals surface area (Å²) >= 11 is 0. The average molecular weight is 303 g/mol. The third kappa shape index (κ3) is 3.36. The summed E-state index contributed by atoms with van der Waals surface area (Å²) in [4.78, 5) is 12.3. The zero-order valence-electron chi connectivity index (χ0n) is 12.8. The molecule has 0 heterocycles. The maximum atomic E-state index is 13.5. The third-order valence-electron chi connectivity index (χ3n) is 3.24. The first kappa shape index (κ1) is 15.8. The molecule has 2 aromatic rings. The van der Waals surface area contributed by atoms with Crippen LogP contribution in [0.1, 0.15) is 22.8 Å². The zero-order chi connectivity index (χ0) is 16.1. The molecular weight excluding hydrogens is 285 g/mol. The number of ether oxygens (including phenoxy) is 2. The second-order valence-corrected chi connectivity index (χ2v) is 4.67. The second kappa shape index (κ2) is 6.93. The first-order valence-electron chi connectivity index (χ1n) is 6.94. The highest BCUT2D eigenvalue weighted by Gasteiger charge is 2.13. The number of nitrogens with one attached hydrogen (secondary N) is 1. The summed E-state index contributed by atoms with van der Waals surface area (Å²) in [6.07, 6.45) is 0. The van der Waals surface area contributed by atoms with Crippen molar-refractivity contribution < 1.29 is 18.7 Å². The first-order chi connectivity index (χ1) is 10.6. The van der Waals surface area contributed by atoms with Crippen LogP contribution in [-0.2, 0) is 0 Å². The van der Waals surface area contributed by atoms with Crippen molar-refractivity contribution in [2.75, 3.05) is 19.0 Å². The van der Waals surface area contributed by atoms with E-state index in [1.54, 1.807) is 37.3 Å². The number of hydrogen-bond acceptors (Lipinski definition) is 3. The number of carbonyl (C=O) groups is 1. The Morgan fingerprint density at radius 3 is 2.68 bits per heavy atom. The Labute approximate surface area is 128 Å². The van der Waals surface area contributed by atoms with Crippen molar-refractivity contribution in [1.82, 2.24) is 0 Å². The molecule has 0 spiro atoms. The lowest BCUT2D eigenvalue weighted by Crippen LogP contribution is -2.13. The third-order valence-corrected chi connectivity index (χ3v) is 3.24. The van der Waals surface area contributed by atoms with Gasteiger partial charge in [0.25, 0.3) is 5.91 Å². The summed E-state index contributed by atoms with van der Waals surface area (Å²) in [5.41, 5.74) is 1.25. The van der Waals surface area contributed by atoms with Gasteiger partial charge in [-0.05, 0) is 44.2 Å². The fraction of sp³-hybridized carbons (Fsp3) is 0.235. The topological polar surface area (TPSA) is 47.6 Å². The molecule has 0 saturated heterocycles. The number of anilines is 1. The van der Waals surface area contributed by atoms with Gasteiger partial charge in [0.15, 0.2) is 11.5 Å². The van der Waals surface area contributed by atoms with Gasteiger partial charge in [-0.1, -0.05) is 6.07 Å². The summed E-state index contributed by atoms with van der Waals surface area (Å²) < 4.78 is 24.1. The Bertz CT molecular complexity index is 686. The van der Waals surface area contributed by atoms with Gasteiger partial charge in [-0.2, -0.15) is 0 Å². The smallest absolute Gasteiger partial charge is 0.255 e. The van der Waals surface area contributed by atoms with Crippen LogP contribution < -0.4 is 14.8 Å². The number of amides is 1. The van der Waals surface area contributed by atoms with Crippen molar-refractivity contribution in [1.29, 1.82) is 0 Å². The molecule has 2 rings (SSSR count). The van der Waals surface area contributed by atoms with Crippen LogP contribution in [0.15, 0.2) is 36.4 Å². The molecule has 0 fully saturated rings. The zero-order valence-corrected chi connectivity index (χ0v) is 12.8. The molecular formula is C17H18FNO3. The minimum atomic E-state index is -0.359. The SMILES string of the molecule is CCOc1cc(C(=O)Nc2cccc(F)c2C)ccc1OC. The Morgan fingerprint density at radius 2 is 2.00 bits per heavy atom. The van der Waals surface area contributed by atoms with E-state index in [2.05, 4.69) is 5.32 Å². The number of methoxy groups -OCH3 is 1. The van der Waals surface area contributed by atoms with Gasteiger partial charge in [0, 0.05) is 16.8 Å². The Balaban J connectivity index is 2.26. The molecule has 2 aromatic carbocycles. The van der Waals surface area contributed by atoms with Crippen molar-refractivity contribution in [2.45, 2.75) is 13.8 Å². The standard InChI is InChI=1S/C17H18FNO3/c1-4-22-16-10-12(8-9-15(16)21-3)17(20)19-14-7-5-6-13(18)11(14)2/h5-10H,4H2,1-3H3,(H,19,20). The van der Waals surface area contributed by atoms with Gasteiger partial charge in [0.2, 0.25) is 0 Å². The van der Waals surface area contributed by atoms with Crippen molar-refractivity contribution >= 4 is 11.6 Å². The quantitative estimate of drug-likeness (QED) is 0.914. The number of benzene rings is 2. The van der Waals surface area contributed by atoms with Crippen LogP contribution in [0.3, 0.4) is 0 Å². The molecule has 116 valence electrons. The number of hydrogen-bond donors (Lipinski definition) is 1. The molecule has 0 bridgehead atoms. The molecule has 1 N–H and O–H groups in total. The van der Waals surface area contributed by atoms with Crippen molar-refractivity contribution in [2.24, 2.45) is 0 Å². The average Bonchev–Trinajstić information content (AvgIpc) is 2.52. The largest absolute Gasteiger partial charge is 0.493 e. The van der Waals surface area contributed by atoms with Crippen LogP contribution in [0.2, 0.25) is 0 Å². The van der Waals surface area contributed by atoms with E-state index in [4.69, 9.17) is 9.47 Å². The van der Waals surface area contributed by atoms with E-state index >= 15 is 0 Å². The summed E-state index contributed by atoms with van der Waals surface area (Å²) in [6.45, 7) is 3.93. The summed E-state index contributed by atoms with van der Waals surface area (Å²) in [5, 5.41) is 2.70. The van der Waals surface area contributed by atoms with E-state index < -0.39 is 0 Å². The maximum Gasteiger partial charge on any atom is 0.255 e. The predicted octanol–water partition coefficient (Wildman–Crippen LogP) is 3.79. The lowest BCUT2D eigenvalue weighted by Gasteiger charge is -2.12. The highest BCUT2D eigenvalue weighted by Crippen LogP contribution is 2.28. The molecule has 22 heavy (non-hydrogen) atoms. The van der Waals surface area contributed by atoms with Crippen LogP contribution in [0.4, 0.5) is 10.1 Å². The van der Waals surface area contributed by atoms with E-state index in [-0.39, 0.29) is 11.7 Å². The van der Waals surface area contributed by atoms with Gasteiger partial charge in [-0.3, -0.25) is 4.79 Å². The van der Waals surface area contributed by atoms with E-state index in [0.29, 0.717) is 34.9 Å². The van der Waals surface area contributed by atoms with E-state index in [1.807, 2.05) is 6.92 Å². The van der Waals surface area contributed by atoms with E-state index in [9.17, 15) is 9.18 Å². The highest BCUT2D eigenvalue weighted by atomic mass is 19.1. The van der Waals surface area contributed by atoms with Crippen molar-refractivity contribution in [3.05, 3.63) is 53.3 Å². The summed E-state index contributed by atoms with van der Waals surface area (Å²) in [6, 6.07) is 9.46. The van der Waals surface area contributed by atoms with Gasteiger partial charge in [0.1, 0.15) is 5.82 Å². The van der Waals surface area contributed by atoms with Gasteiger partial charge < -0.3 is 14.8 Å². The van der Waals surface area contributed by atoms with Crippen molar-refractivity contribution in [3.63, 3.8) is 0 Å². The van der Waals surface area contributed by atoms with Gasteiger partial charge in [-0.15, -0.1) is 0 Å². The Morgan fingerprint density at radius 1 is 1.23 bits per heavy atom. The van der Waals surface area contributed by atoms with Crippen LogP contribution in [0.25, 0.3) is 0 Å². The lowest BCUT2D eigenvalue weighted by atomic mass is 10.1. The lowest BCUT2D eigenvalue weighted by molar-refractivity contribution is 0.102. The van der Waals surface area contributed by atoms with Crippen LogP contribution >= 0.6 is 0 Å². The molecule has 0 radical (unpaired) electrons. The van der Waals surface area contributed by atoms with E-state index in [0.717, 1.165) is 0 Å². The van der Waals surface area contributed by atoms with Crippen LogP contribution in [-0.4, -0.2) is 19.6 Å². The minimum Gasteiger partial charge on any atom is -0.493 e. The highest BCUT2D eigenvalue weighted by molar-refractivity contribution is 6.05. The fourth-order valence-corrected chi connectivity index (χ4v) is 2.02. The summed E-state index contributed by atoms with van der Waals surface area (Å²) in [5.74, 6) is 0.355. The normalized spacial score (nSPS) is 10.2. The minimum absolute atomic E-state index is 0.336. The molecule has 0 saturated carbocycles. The molecule has 0 aromatic heterocycles. The number of halogens is 1. The number of carbonyl (C=O) groups excluding carboxylic acids is 1. The monoisotopic (exact) mass is 303 g/mol. The van der Waals surface area contributed by atoms with Gasteiger partial charge in [0.05, 0.1) is 13.7 Å². The Hall–Kier alpha value is -2.56. The van der Waals surface area contributed by atoms with Gasteiger partial charge >= 0.3 is 0 Å². The van der Waals surface area contributed by atoms with Crippen molar-refractivity contribution in [3.8, 4) is 11.5 Å². The van der Waals surface area contributed by atoms with E-state index in [1.165, 1.54) is 13.2 Å². The molecule has 5 heteroatoms. The molecule has 0 unspecified atom stereocenters. The molecule has 0 aliphatic heterocycles. The number of rotatable bonds is 5. The fourth-order valence-electron chi connectivity index (χ4n) is 2.02. The maximum absolute atomic E-state index is 13.5. The first-order valence-corrected chi connectivity index (χ1v) is 6.94. The Kier molecular flexibility index (Phi) is 4.99. The van der Waals surface area contributed by atoms with Gasteiger partial charge in [-0.25, -0.2) is 4.39 Å². The van der Waals surface area contributed by atoms with Crippen LogP contribution in [0, 0.1) is 12.7 Å². The second-order valence-electron chi connectivity index (χ2n) is 4.67.